The predicted octanol–water partition coefficient (Wildman–Crippen LogP) is 3.32. The van der Waals surface area contributed by atoms with Crippen LogP contribution in [-0.2, 0) is 6.54 Å². The van der Waals surface area contributed by atoms with E-state index in [1.165, 1.54) is 0 Å². The molecule has 0 saturated carbocycles. The minimum absolute atomic E-state index is 0.246. The first-order chi connectivity index (χ1) is 13.1. The van der Waals surface area contributed by atoms with E-state index in [9.17, 15) is 4.79 Å². The van der Waals surface area contributed by atoms with Crippen LogP contribution in [0, 0.1) is 12.8 Å². The molecule has 27 heavy (non-hydrogen) atoms. The van der Waals surface area contributed by atoms with Crippen LogP contribution in [0.3, 0.4) is 0 Å². The Labute approximate surface area is 157 Å². The van der Waals surface area contributed by atoms with Crippen molar-refractivity contribution in [3.8, 4) is 17.3 Å². The molecule has 1 aliphatic rings. The Balaban J connectivity index is 1.76. The van der Waals surface area contributed by atoms with Crippen molar-refractivity contribution in [3.05, 3.63) is 53.9 Å². The minimum Gasteiger partial charge on any atom is -0.492 e. The molecule has 0 saturated heterocycles. The first-order valence-electron chi connectivity index (χ1n) is 9.00. The van der Waals surface area contributed by atoms with E-state index in [0.29, 0.717) is 41.2 Å². The van der Waals surface area contributed by atoms with Gasteiger partial charge in [-0.3, -0.25) is 4.79 Å². The lowest BCUT2D eigenvalue weighted by atomic mass is 10.1. The number of pyridine rings is 1. The van der Waals surface area contributed by atoms with Gasteiger partial charge in [0.15, 0.2) is 5.82 Å². The lowest BCUT2D eigenvalue weighted by Crippen LogP contribution is -2.18. The van der Waals surface area contributed by atoms with Crippen molar-refractivity contribution in [1.82, 2.24) is 19.7 Å². The molecule has 7 nitrogen and oxygen atoms in total. The number of rotatable bonds is 0. The molecule has 0 spiro atoms. The Morgan fingerprint density at radius 3 is 3.04 bits per heavy atom. The third kappa shape index (κ3) is 3.67. The zero-order valence-electron chi connectivity index (χ0n) is 15.3. The van der Waals surface area contributed by atoms with Crippen LogP contribution < -0.4 is 10.1 Å². The number of hydrogen-bond donors (Lipinski definition) is 1. The maximum Gasteiger partial charge on any atom is 0.260 e. The fourth-order valence-electron chi connectivity index (χ4n) is 3.05. The number of anilines is 1. The number of ether oxygens (including phenoxy) is 1. The average Bonchev–Trinajstić information content (AvgIpc) is 3.13. The molecule has 0 radical (unpaired) electrons. The maximum absolute atomic E-state index is 12.8. The van der Waals surface area contributed by atoms with Gasteiger partial charge in [-0.2, -0.15) is 0 Å². The van der Waals surface area contributed by atoms with Crippen molar-refractivity contribution in [1.29, 1.82) is 0 Å². The van der Waals surface area contributed by atoms with E-state index < -0.39 is 0 Å². The molecule has 1 aromatic carbocycles. The van der Waals surface area contributed by atoms with E-state index in [1.54, 1.807) is 12.4 Å². The van der Waals surface area contributed by atoms with Gasteiger partial charge in [-0.1, -0.05) is 24.6 Å². The largest absolute Gasteiger partial charge is 0.492 e. The van der Waals surface area contributed by atoms with Crippen LogP contribution >= 0.6 is 0 Å². The fraction of sp³-hybridized carbons (Fsp3) is 0.300. The number of hydrogen-bond acceptors (Lipinski definition) is 5. The normalized spacial score (nSPS) is 17.1. The standard InChI is InChI=1S/C20H21N5O2/c1-13-6-7-17-15(10-13)20(26)23-18-5-3-4-16(22-18)19-24-21-12-25(19)9-8-14(2)11-27-17/h3-7,10,12,14H,8-9,11H2,1-2H3,(H,22,23,26)/t14-/m1/s1. The van der Waals surface area contributed by atoms with Gasteiger partial charge in [0, 0.05) is 6.54 Å². The van der Waals surface area contributed by atoms with Crippen molar-refractivity contribution in [3.63, 3.8) is 0 Å². The summed E-state index contributed by atoms with van der Waals surface area (Å²) in [6, 6.07) is 11.1. The predicted molar refractivity (Wildman–Crippen MR) is 102 cm³/mol. The van der Waals surface area contributed by atoms with Gasteiger partial charge in [0.25, 0.3) is 5.91 Å². The van der Waals surface area contributed by atoms with E-state index in [-0.39, 0.29) is 5.91 Å². The van der Waals surface area contributed by atoms with Crippen molar-refractivity contribution in [2.24, 2.45) is 5.92 Å². The van der Waals surface area contributed by atoms with Crippen molar-refractivity contribution < 1.29 is 9.53 Å². The van der Waals surface area contributed by atoms with Crippen LogP contribution in [0.25, 0.3) is 11.5 Å². The Hall–Kier alpha value is -3.22. The molecule has 7 heteroatoms. The Morgan fingerprint density at radius 2 is 2.15 bits per heavy atom. The minimum atomic E-state index is -0.246. The number of aromatic nitrogens is 4. The quantitative estimate of drug-likeness (QED) is 0.662. The highest BCUT2D eigenvalue weighted by atomic mass is 16.5. The molecule has 3 aromatic rings. The molecule has 1 aliphatic heterocycles. The zero-order chi connectivity index (χ0) is 18.8. The van der Waals surface area contributed by atoms with E-state index >= 15 is 0 Å². The number of amides is 1. The number of fused-ring (bicyclic) bond motifs is 5. The second-order valence-electron chi connectivity index (χ2n) is 6.91. The number of nitrogens with one attached hydrogen (secondary N) is 1. The number of carbonyl (C=O) groups is 1. The van der Waals surface area contributed by atoms with Crippen LogP contribution in [0.2, 0.25) is 0 Å². The number of aryl methyl sites for hydroxylation is 2. The highest BCUT2D eigenvalue weighted by Gasteiger charge is 2.17. The van der Waals surface area contributed by atoms with Crippen molar-refractivity contribution in [2.45, 2.75) is 26.8 Å². The molecule has 2 bridgehead atoms. The highest BCUT2D eigenvalue weighted by molar-refractivity contribution is 6.06. The molecule has 2 aromatic heterocycles. The van der Waals surface area contributed by atoms with Gasteiger partial charge >= 0.3 is 0 Å². The summed E-state index contributed by atoms with van der Waals surface area (Å²) >= 11 is 0. The summed E-state index contributed by atoms with van der Waals surface area (Å²) in [5.74, 6) is 1.80. The molecule has 1 N–H and O–H groups in total. The summed E-state index contributed by atoms with van der Waals surface area (Å²) in [6.45, 7) is 5.38. The molecule has 0 unspecified atom stereocenters. The Kier molecular flexibility index (Phi) is 4.58. The second-order valence-corrected chi connectivity index (χ2v) is 6.91. The topological polar surface area (TPSA) is 81.9 Å². The van der Waals surface area contributed by atoms with Crippen LogP contribution in [0.4, 0.5) is 5.82 Å². The number of benzene rings is 1. The van der Waals surface area contributed by atoms with Crippen molar-refractivity contribution in [2.75, 3.05) is 11.9 Å². The lowest BCUT2D eigenvalue weighted by molar-refractivity contribution is 0.102. The number of carbonyl (C=O) groups excluding carboxylic acids is 1. The molecular weight excluding hydrogens is 342 g/mol. The molecule has 0 aliphatic carbocycles. The maximum atomic E-state index is 12.8. The highest BCUT2D eigenvalue weighted by Crippen LogP contribution is 2.24. The molecule has 1 amide bonds. The van der Waals surface area contributed by atoms with Gasteiger partial charge in [0.1, 0.15) is 23.6 Å². The van der Waals surface area contributed by atoms with Crippen LogP contribution in [-0.4, -0.2) is 32.3 Å². The first-order valence-corrected chi connectivity index (χ1v) is 9.00. The van der Waals surface area contributed by atoms with Crippen LogP contribution in [0.5, 0.6) is 5.75 Å². The molecule has 0 fully saturated rings. The van der Waals surface area contributed by atoms with Gasteiger partial charge in [0.05, 0.1) is 12.2 Å². The lowest BCUT2D eigenvalue weighted by Gasteiger charge is -2.17. The van der Waals surface area contributed by atoms with E-state index in [2.05, 4.69) is 27.4 Å². The summed E-state index contributed by atoms with van der Waals surface area (Å²) in [7, 11) is 0. The average molecular weight is 363 g/mol. The molecular formula is C20H21N5O2. The van der Waals surface area contributed by atoms with Gasteiger partial charge in [-0.25, -0.2) is 4.98 Å². The Bertz CT molecular complexity index is 982. The summed E-state index contributed by atoms with van der Waals surface area (Å²) < 4.78 is 7.95. The van der Waals surface area contributed by atoms with E-state index in [1.807, 2.05) is 41.8 Å². The third-order valence-electron chi connectivity index (χ3n) is 4.60. The molecule has 4 rings (SSSR count). The summed E-state index contributed by atoms with van der Waals surface area (Å²) in [5, 5.41) is 11.1. The smallest absolute Gasteiger partial charge is 0.260 e. The summed E-state index contributed by atoms with van der Waals surface area (Å²) in [4.78, 5) is 17.4. The number of nitrogens with zero attached hydrogens (tertiary/aromatic N) is 4. The summed E-state index contributed by atoms with van der Waals surface area (Å²) in [6.07, 6.45) is 2.61. The first kappa shape index (κ1) is 17.2. The van der Waals surface area contributed by atoms with E-state index in [4.69, 9.17) is 4.74 Å². The van der Waals surface area contributed by atoms with Gasteiger partial charge in [-0.15, -0.1) is 10.2 Å². The molecule has 1 atom stereocenters. The van der Waals surface area contributed by atoms with Crippen LogP contribution in [0.15, 0.2) is 42.7 Å². The monoisotopic (exact) mass is 363 g/mol. The van der Waals surface area contributed by atoms with Gasteiger partial charge < -0.3 is 14.6 Å². The SMILES string of the molecule is Cc1ccc2c(c1)C(=O)Nc1cccc(n1)-c1nncn1CC[C@@H](C)CO2. The molecule has 3 heterocycles. The zero-order valence-corrected chi connectivity index (χ0v) is 15.3. The molecule has 138 valence electrons. The Morgan fingerprint density at radius 1 is 1.26 bits per heavy atom. The van der Waals surface area contributed by atoms with Gasteiger partial charge in [-0.05, 0) is 43.5 Å². The van der Waals surface area contributed by atoms with E-state index in [0.717, 1.165) is 18.5 Å². The summed E-state index contributed by atoms with van der Waals surface area (Å²) in [5.41, 5.74) is 2.18. The third-order valence-corrected chi connectivity index (χ3v) is 4.60. The van der Waals surface area contributed by atoms with Gasteiger partial charge in [0.2, 0.25) is 0 Å². The second kappa shape index (κ2) is 7.19. The van der Waals surface area contributed by atoms with Crippen molar-refractivity contribution >= 4 is 11.7 Å². The van der Waals surface area contributed by atoms with Crippen LogP contribution in [0.1, 0.15) is 29.3 Å². The fourth-order valence-corrected chi connectivity index (χ4v) is 3.05.